The first-order valence-electron chi connectivity index (χ1n) is 5.00. The Kier molecular flexibility index (Phi) is 3.35. The molecule has 0 saturated carbocycles. The van der Waals surface area contributed by atoms with Gasteiger partial charge in [0, 0.05) is 5.38 Å². The van der Waals surface area contributed by atoms with Crippen molar-refractivity contribution in [1.82, 2.24) is 10.4 Å². The predicted molar refractivity (Wildman–Crippen MR) is 60.2 cm³/mol. The minimum Gasteiger partial charge on any atom is -0.501 e. The average Bonchev–Trinajstić information content (AvgIpc) is 2.68. The Morgan fingerprint density at radius 3 is 3.07 bits per heavy atom. The quantitative estimate of drug-likeness (QED) is 0.606. The molecule has 2 rings (SSSR count). The largest absolute Gasteiger partial charge is 0.501 e. The first kappa shape index (κ1) is 10.6. The number of nitrogens with two attached hydrogens (primary N) is 1. The molecule has 2 heterocycles. The van der Waals surface area contributed by atoms with E-state index in [1.807, 2.05) is 18.6 Å². The van der Waals surface area contributed by atoms with Crippen molar-refractivity contribution in [2.24, 2.45) is 5.84 Å². The molecule has 0 aliphatic carbocycles. The molecule has 3 N–H and O–H groups in total. The van der Waals surface area contributed by atoms with Crippen LogP contribution in [-0.2, 0) is 4.74 Å². The van der Waals surface area contributed by atoms with Crippen LogP contribution in [0.1, 0.15) is 29.6 Å². The lowest BCUT2D eigenvalue weighted by Gasteiger charge is -2.20. The molecule has 4 nitrogen and oxygen atoms in total. The number of rotatable bonds is 3. The van der Waals surface area contributed by atoms with E-state index >= 15 is 0 Å². The Hall–Kier alpha value is -0.910. The van der Waals surface area contributed by atoms with E-state index in [-0.39, 0.29) is 6.04 Å². The van der Waals surface area contributed by atoms with Gasteiger partial charge in [-0.15, -0.1) is 11.3 Å². The molecule has 5 heteroatoms. The maximum atomic E-state index is 5.56. The average molecular weight is 225 g/mol. The second kappa shape index (κ2) is 4.74. The molecule has 15 heavy (non-hydrogen) atoms. The molecule has 0 bridgehead atoms. The highest BCUT2D eigenvalue weighted by atomic mass is 32.1. The number of hydrogen-bond acceptors (Lipinski definition) is 5. The minimum atomic E-state index is -0.00440. The number of hydrogen-bond donors (Lipinski definition) is 2. The van der Waals surface area contributed by atoms with Crippen LogP contribution in [-0.4, -0.2) is 11.6 Å². The summed E-state index contributed by atoms with van der Waals surface area (Å²) in [5.74, 6) is 5.56. The van der Waals surface area contributed by atoms with Gasteiger partial charge in [-0.3, -0.25) is 5.84 Å². The second-order valence-electron chi connectivity index (χ2n) is 3.56. The van der Waals surface area contributed by atoms with Crippen LogP contribution in [0.15, 0.2) is 17.2 Å². The normalized spacial score (nSPS) is 18.1. The van der Waals surface area contributed by atoms with Gasteiger partial charge in [-0.25, -0.2) is 10.4 Å². The van der Waals surface area contributed by atoms with Crippen molar-refractivity contribution in [2.75, 3.05) is 6.61 Å². The van der Waals surface area contributed by atoms with E-state index in [1.54, 1.807) is 11.3 Å². The number of aromatic nitrogens is 1. The van der Waals surface area contributed by atoms with Crippen molar-refractivity contribution in [3.05, 3.63) is 27.9 Å². The van der Waals surface area contributed by atoms with E-state index in [4.69, 9.17) is 10.6 Å². The highest BCUT2D eigenvalue weighted by molar-refractivity contribution is 7.09. The molecular formula is C10H15N3OS. The maximum absolute atomic E-state index is 5.56. The lowest BCUT2D eigenvalue weighted by atomic mass is 10.0. The summed E-state index contributed by atoms with van der Waals surface area (Å²) < 4.78 is 5.31. The Morgan fingerprint density at radius 1 is 1.67 bits per heavy atom. The van der Waals surface area contributed by atoms with E-state index in [1.165, 1.54) is 5.57 Å². The summed E-state index contributed by atoms with van der Waals surface area (Å²) in [4.78, 5) is 4.44. The molecule has 1 atom stereocenters. The Balaban J connectivity index is 2.19. The van der Waals surface area contributed by atoms with Gasteiger partial charge in [0.05, 0.1) is 29.6 Å². The van der Waals surface area contributed by atoms with Gasteiger partial charge in [0.25, 0.3) is 0 Å². The van der Waals surface area contributed by atoms with Crippen LogP contribution in [0.5, 0.6) is 0 Å². The number of aryl methyl sites for hydroxylation is 1. The zero-order valence-electron chi connectivity index (χ0n) is 8.69. The van der Waals surface area contributed by atoms with Crippen LogP contribution in [0, 0.1) is 6.92 Å². The van der Waals surface area contributed by atoms with Crippen LogP contribution in [0.2, 0.25) is 0 Å². The first-order valence-corrected chi connectivity index (χ1v) is 5.88. The number of hydrazine groups is 1. The molecule has 1 aliphatic heterocycles. The van der Waals surface area contributed by atoms with Gasteiger partial charge in [0.2, 0.25) is 0 Å². The third kappa shape index (κ3) is 2.37. The summed E-state index contributed by atoms with van der Waals surface area (Å²) in [6.07, 6.45) is 3.88. The Morgan fingerprint density at radius 2 is 2.53 bits per heavy atom. The third-order valence-electron chi connectivity index (χ3n) is 2.43. The fourth-order valence-electron chi connectivity index (χ4n) is 1.69. The summed E-state index contributed by atoms with van der Waals surface area (Å²) in [5, 5.41) is 3.09. The molecule has 1 aliphatic rings. The van der Waals surface area contributed by atoms with E-state index in [0.717, 1.165) is 30.2 Å². The molecule has 0 radical (unpaired) electrons. The van der Waals surface area contributed by atoms with Gasteiger partial charge in [-0.2, -0.15) is 0 Å². The third-order valence-corrected chi connectivity index (χ3v) is 3.22. The standard InChI is InChI=1S/C10H15N3OS/c1-7-12-9(6-15-7)10(13-11)8-3-2-4-14-5-8/h5-6,10,13H,2-4,11H2,1H3. The van der Waals surface area contributed by atoms with Crippen LogP contribution < -0.4 is 11.3 Å². The summed E-state index contributed by atoms with van der Waals surface area (Å²) in [6, 6.07) is -0.00440. The molecule has 82 valence electrons. The van der Waals surface area contributed by atoms with Gasteiger partial charge in [-0.05, 0) is 25.3 Å². The number of thiazole rings is 1. The zero-order valence-corrected chi connectivity index (χ0v) is 9.51. The molecule has 1 aromatic rings. The molecule has 1 aromatic heterocycles. The van der Waals surface area contributed by atoms with Gasteiger partial charge in [0.15, 0.2) is 0 Å². The molecule has 0 saturated heterocycles. The first-order chi connectivity index (χ1) is 7.31. The van der Waals surface area contributed by atoms with Crippen molar-refractivity contribution in [2.45, 2.75) is 25.8 Å². The van der Waals surface area contributed by atoms with Crippen molar-refractivity contribution in [1.29, 1.82) is 0 Å². The smallest absolute Gasteiger partial charge is 0.0898 e. The summed E-state index contributed by atoms with van der Waals surface area (Å²) in [7, 11) is 0. The SMILES string of the molecule is Cc1nc(C(NN)C2=COCCC2)cs1. The lowest BCUT2D eigenvalue weighted by Crippen LogP contribution is -2.30. The van der Waals surface area contributed by atoms with Gasteiger partial charge < -0.3 is 4.74 Å². The summed E-state index contributed by atoms with van der Waals surface area (Å²) in [5.41, 5.74) is 4.96. The van der Waals surface area contributed by atoms with Gasteiger partial charge >= 0.3 is 0 Å². The van der Waals surface area contributed by atoms with Crippen LogP contribution in [0.4, 0.5) is 0 Å². The molecular weight excluding hydrogens is 210 g/mol. The van der Waals surface area contributed by atoms with Crippen molar-refractivity contribution in [3.63, 3.8) is 0 Å². The van der Waals surface area contributed by atoms with Crippen LogP contribution >= 0.6 is 11.3 Å². The second-order valence-corrected chi connectivity index (χ2v) is 4.62. The van der Waals surface area contributed by atoms with Crippen molar-refractivity contribution in [3.8, 4) is 0 Å². The lowest BCUT2D eigenvalue weighted by molar-refractivity contribution is 0.219. The highest BCUT2D eigenvalue weighted by Gasteiger charge is 2.19. The Labute approximate surface area is 93.1 Å². The maximum Gasteiger partial charge on any atom is 0.0898 e. The van der Waals surface area contributed by atoms with E-state index in [9.17, 15) is 0 Å². The van der Waals surface area contributed by atoms with Crippen molar-refractivity contribution < 1.29 is 4.74 Å². The fraction of sp³-hybridized carbons (Fsp3) is 0.500. The molecule has 1 unspecified atom stereocenters. The summed E-state index contributed by atoms with van der Waals surface area (Å²) in [6.45, 7) is 2.80. The number of nitrogens with zero attached hydrogens (tertiary/aromatic N) is 1. The minimum absolute atomic E-state index is 0.00440. The molecule has 0 amide bonds. The zero-order chi connectivity index (χ0) is 10.7. The topological polar surface area (TPSA) is 60.2 Å². The van der Waals surface area contributed by atoms with E-state index in [0.29, 0.717) is 0 Å². The van der Waals surface area contributed by atoms with Crippen LogP contribution in [0.25, 0.3) is 0 Å². The Bertz CT molecular complexity index is 361. The highest BCUT2D eigenvalue weighted by Crippen LogP contribution is 2.27. The fourth-order valence-corrected chi connectivity index (χ4v) is 2.33. The van der Waals surface area contributed by atoms with Crippen molar-refractivity contribution >= 4 is 11.3 Å². The molecule has 0 spiro atoms. The van der Waals surface area contributed by atoms with Gasteiger partial charge in [-0.1, -0.05) is 0 Å². The number of nitrogens with one attached hydrogen (secondary N) is 1. The molecule has 0 fully saturated rings. The van der Waals surface area contributed by atoms with E-state index in [2.05, 4.69) is 10.4 Å². The van der Waals surface area contributed by atoms with E-state index < -0.39 is 0 Å². The summed E-state index contributed by atoms with van der Waals surface area (Å²) >= 11 is 1.64. The monoisotopic (exact) mass is 225 g/mol. The van der Waals surface area contributed by atoms with Crippen LogP contribution in [0.3, 0.4) is 0 Å². The molecule has 0 aromatic carbocycles. The predicted octanol–water partition coefficient (Wildman–Crippen LogP) is 1.65. The number of ether oxygens (including phenoxy) is 1. The van der Waals surface area contributed by atoms with Gasteiger partial charge in [0.1, 0.15) is 0 Å².